The molecule has 2 saturated carbocycles. The second-order valence-electron chi connectivity index (χ2n) is 7.62. The second kappa shape index (κ2) is 4.22. The Kier molecular flexibility index (Phi) is 2.71. The Balaban J connectivity index is 1.74. The van der Waals surface area contributed by atoms with E-state index in [0.717, 1.165) is 24.7 Å². The summed E-state index contributed by atoms with van der Waals surface area (Å²) in [6.07, 6.45) is 13.8. The Morgan fingerprint density at radius 2 is 2.11 bits per heavy atom. The van der Waals surface area contributed by atoms with Gasteiger partial charge in [0.05, 0.1) is 6.10 Å². The average molecular weight is 258 g/mol. The van der Waals surface area contributed by atoms with Crippen LogP contribution in [0.3, 0.4) is 0 Å². The van der Waals surface area contributed by atoms with Gasteiger partial charge >= 0.3 is 0 Å². The minimum Gasteiger partial charge on any atom is -0.392 e. The normalized spacial score (nSPS) is 45.4. The van der Waals surface area contributed by atoms with Gasteiger partial charge in [0.2, 0.25) is 0 Å². The monoisotopic (exact) mass is 258 g/mol. The SMILES string of the molecule is C[C@@]12CCC[C@H]1[C@@H]1CCC3=CCC(O)CC3=C1CC2. The molecule has 0 amide bonds. The zero-order chi connectivity index (χ0) is 13.0. The van der Waals surface area contributed by atoms with Crippen molar-refractivity contribution in [2.45, 2.75) is 70.8 Å². The third-order valence-electron chi connectivity index (χ3n) is 6.63. The molecule has 4 aliphatic rings. The summed E-state index contributed by atoms with van der Waals surface area (Å²) < 4.78 is 0. The number of aliphatic hydroxyl groups is 1. The Bertz CT molecular complexity index is 458. The Morgan fingerprint density at radius 3 is 3.00 bits per heavy atom. The lowest BCUT2D eigenvalue weighted by Gasteiger charge is -2.47. The Morgan fingerprint density at radius 1 is 1.21 bits per heavy atom. The lowest BCUT2D eigenvalue weighted by Crippen LogP contribution is -2.37. The molecule has 0 bridgehead atoms. The van der Waals surface area contributed by atoms with Gasteiger partial charge < -0.3 is 5.11 Å². The molecule has 0 aromatic carbocycles. The molecule has 0 aromatic heterocycles. The highest BCUT2D eigenvalue weighted by atomic mass is 16.3. The predicted octanol–water partition coefficient (Wildman–Crippen LogP) is 4.37. The maximum atomic E-state index is 10.00. The molecule has 1 nitrogen and oxygen atoms in total. The standard InChI is InChI=1S/C18H26O/c1-18-9-2-3-17(18)15-7-5-12-4-6-13(19)11-16(12)14(15)8-10-18/h4,13,15,17,19H,2-3,5-11H2,1H3/t13?,15-,17+,18+/m1/s1. The van der Waals surface area contributed by atoms with Gasteiger partial charge in [-0.2, -0.15) is 0 Å². The second-order valence-corrected chi connectivity index (χ2v) is 7.62. The van der Waals surface area contributed by atoms with E-state index in [1.165, 1.54) is 44.9 Å². The van der Waals surface area contributed by atoms with Crippen LogP contribution in [0.5, 0.6) is 0 Å². The molecule has 1 heteroatoms. The first-order valence-electron chi connectivity index (χ1n) is 8.27. The maximum Gasteiger partial charge on any atom is 0.0615 e. The van der Waals surface area contributed by atoms with Crippen molar-refractivity contribution >= 4 is 0 Å². The van der Waals surface area contributed by atoms with E-state index in [9.17, 15) is 5.11 Å². The highest BCUT2D eigenvalue weighted by Crippen LogP contribution is 2.59. The van der Waals surface area contributed by atoms with E-state index in [1.54, 1.807) is 16.7 Å². The maximum absolute atomic E-state index is 10.00. The fraction of sp³-hybridized carbons (Fsp3) is 0.778. The van der Waals surface area contributed by atoms with Gasteiger partial charge in [0.15, 0.2) is 0 Å². The van der Waals surface area contributed by atoms with Gasteiger partial charge in [-0.25, -0.2) is 0 Å². The molecule has 0 heterocycles. The summed E-state index contributed by atoms with van der Waals surface area (Å²) in [4.78, 5) is 0. The van der Waals surface area contributed by atoms with E-state index < -0.39 is 0 Å². The zero-order valence-corrected chi connectivity index (χ0v) is 12.1. The molecule has 0 radical (unpaired) electrons. The Hall–Kier alpha value is -0.560. The van der Waals surface area contributed by atoms with Crippen LogP contribution in [0.1, 0.15) is 64.7 Å². The van der Waals surface area contributed by atoms with Crippen LogP contribution in [0.4, 0.5) is 0 Å². The predicted molar refractivity (Wildman–Crippen MR) is 77.8 cm³/mol. The van der Waals surface area contributed by atoms with Crippen molar-refractivity contribution in [1.82, 2.24) is 0 Å². The van der Waals surface area contributed by atoms with Crippen LogP contribution in [0, 0.1) is 17.3 Å². The van der Waals surface area contributed by atoms with Crippen LogP contribution in [0.2, 0.25) is 0 Å². The summed E-state index contributed by atoms with van der Waals surface area (Å²) in [6.45, 7) is 2.55. The minimum atomic E-state index is -0.109. The summed E-state index contributed by atoms with van der Waals surface area (Å²) in [6, 6.07) is 0. The van der Waals surface area contributed by atoms with Crippen LogP contribution in [-0.2, 0) is 0 Å². The molecule has 0 aromatic rings. The number of hydrogen-bond donors (Lipinski definition) is 1. The quantitative estimate of drug-likeness (QED) is 0.684. The largest absolute Gasteiger partial charge is 0.392 e. The molecular formula is C18H26O. The van der Waals surface area contributed by atoms with Crippen LogP contribution in [0.25, 0.3) is 0 Å². The fourth-order valence-electron chi connectivity index (χ4n) is 5.61. The smallest absolute Gasteiger partial charge is 0.0615 e. The number of allylic oxidation sites excluding steroid dienone is 2. The van der Waals surface area contributed by atoms with E-state index in [-0.39, 0.29) is 6.10 Å². The van der Waals surface area contributed by atoms with Gasteiger partial charge in [-0.15, -0.1) is 0 Å². The first-order chi connectivity index (χ1) is 9.17. The third-order valence-corrected chi connectivity index (χ3v) is 6.63. The molecule has 4 aliphatic carbocycles. The summed E-state index contributed by atoms with van der Waals surface area (Å²) in [5, 5.41) is 10.00. The van der Waals surface area contributed by atoms with Gasteiger partial charge in [-0.05, 0) is 79.8 Å². The molecule has 4 rings (SSSR count). The molecule has 4 atom stereocenters. The van der Waals surface area contributed by atoms with E-state index in [1.807, 2.05) is 0 Å². The van der Waals surface area contributed by atoms with E-state index in [0.29, 0.717) is 5.41 Å². The summed E-state index contributed by atoms with van der Waals surface area (Å²) in [5.41, 5.74) is 5.59. The topological polar surface area (TPSA) is 20.2 Å². The summed E-state index contributed by atoms with van der Waals surface area (Å²) in [5.74, 6) is 1.81. The molecule has 104 valence electrons. The van der Waals surface area contributed by atoms with Crippen LogP contribution >= 0.6 is 0 Å². The van der Waals surface area contributed by atoms with E-state index in [2.05, 4.69) is 13.0 Å². The minimum absolute atomic E-state index is 0.109. The number of hydrogen-bond acceptors (Lipinski definition) is 1. The molecular weight excluding hydrogens is 232 g/mol. The molecule has 19 heavy (non-hydrogen) atoms. The van der Waals surface area contributed by atoms with Gasteiger partial charge in [-0.1, -0.05) is 25.0 Å². The van der Waals surface area contributed by atoms with Crippen molar-refractivity contribution in [2.24, 2.45) is 17.3 Å². The number of aliphatic hydroxyl groups excluding tert-OH is 1. The van der Waals surface area contributed by atoms with Crippen molar-refractivity contribution in [2.75, 3.05) is 0 Å². The molecule has 2 fully saturated rings. The molecule has 1 N–H and O–H groups in total. The summed E-state index contributed by atoms with van der Waals surface area (Å²) in [7, 11) is 0. The molecule has 0 aliphatic heterocycles. The van der Waals surface area contributed by atoms with Gasteiger partial charge in [0.25, 0.3) is 0 Å². The molecule has 1 unspecified atom stereocenters. The van der Waals surface area contributed by atoms with Crippen LogP contribution in [-0.4, -0.2) is 11.2 Å². The van der Waals surface area contributed by atoms with E-state index >= 15 is 0 Å². The van der Waals surface area contributed by atoms with Crippen molar-refractivity contribution in [3.8, 4) is 0 Å². The molecule has 0 saturated heterocycles. The van der Waals surface area contributed by atoms with Crippen molar-refractivity contribution in [3.05, 3.63) is 22.8 Å². The first kappa shape index (κ1) is 12.2. The average Bonchev–Trinajstić information content (AvgIpc) is 2.80. The lowest BCUT2D eigenvalue weighted by atomic mass is 9.58. The first-order valence-corrected chi connectivity index (χ1v) is 8.27. The third kappa shape index (κ3) is 1.77. The van der Waals surface area contributed by atoms with Gasteiger partial charge in [0.1, 0.15) is 0 Å². The number of fused-ring (bicyclic) bond motifs is 4. The van der Waals surface area contributed by atoms with Gasteiger partial charge in [-0.3, -0.25) is 0 Å². The lowest BCUT2D eigenvalue weighted by molar-refractivity contribution is 0.115. The van der Waals surface area contributed by atoms with Crippen LogP contribution < -0.4 is 0 Å². The Labute approximate surface area is 116 Å². The van der Waals surface area contributed by atoms with Crippen molar-refractivity contribution < 1.29 is 5.11 Å². The van der Waals surface area contributed by atoms with Crippen LogP contribution in [0.15, 0.2) is 22.8 Å². The molecule has 0 spiro atoms. The van der Waals surface area contributed by atoms with E-state index in [4.69, 9.17) is 0 Å². The fourth-order valence-corrected chi connectivity index (χ4v) is 5.61. The highest BCUT2D eigenvalue weighted by molar-refractivity contribution is 5.43. The van der Waals surface area contributed by atoms with Crippen molar-refractivity contribution in [3.63, 3.8) is 0 Å². The van der Waals surface area contributed by atoms with Crippen molar-refractivity contribution in [1.29, 1.82) is 0 Å². The van der Waals surface area contributed by atoms with Gasteiger partial charge in [0, 0.05) is 0 Å². The zero-order valence-electron chi connectivity index (χ0n) is 12.1. The summed E-state index contributed by atoms with van der Waals surface area (Å²) >= 11 is 0. The number of rotatable bonds is 0. The highest BCUT2D eigenvalue weighted by Gasteiger charge is 2.48.